The first-order valence-electron chi connectivity index (χ1n) is 8.51. The third-order valence-electron chi connectivity index (χ3n) is 4.08. The first-order chi connectivity index (χ1) is 12.9. The molecule has 1 heterocycles. The van der Waals surface area contributed by atoms with Gasteiger partial charge in [0.2, 0.25) is 15.9 Å². The Morgan fingerprint density at radius 3 is 2.48 bits per heavy atom. The maximum Gasteiger partial charge on any atom is 0.315 e. The maximum absolute atomic E-state index is 12.8. The van der Waals surface area contributed by atoms with Crippen molar-refractivity contribution < 1.29 is 27.5 Å². The standard InChI is InChI=1S/C17H24N2O6S2/c1-24-15-7-6-13(27(22,23)19-8-4-3-5-9-19)10-14(15)18-16(20)11-26-12-17(21)25-2/h6-7,10H,3-5,8-9,11-12H2,1-2H3,(H,18,20). The molecule has 1 aromatic rings. The summed E-state index contributed by atoms with van der Waals surface area (Å²) in [5, 5.41) is 2.65. The Labute approximate surface area is 163 Å². The monoisotopic (exact) mass is 416 g/mol. The molecule has 0 aliphatic carbocycles. The minimum absolute atomic E-state index is 0.0291. The predicted octanol–water partition coefficient (Wildman–Crippen LogP) is 1.71. The molecule has 0 unspecified atom stereocenters. The molecule has 2 rings (SSSR count). The number of esters is 1. The minimum Gasteiger partial charge on any atom is -0.495 e. The summed E-state index contributed by atoms with van der Waals surface area (Å²) >= 11 is 1.11. The van der Waals surface area contributed by atoms with Crippen molar-refractivity contribution in [2.24, 2.45) is 0 Å². The average molecular weight is 417 g/mol. The SMILES string of the molecule is COC(=O)CSCC(=O)Nc1cc(S(=O)(=O)N2CCCCC2)ccc1OC. The molecule has 1 aliphatic rings. The number of benzene rings is 1. The van der Waals surface area contributed by atoms with Crippen LogP contribution in [0.2, 0.25) is 0 Å². The molecule has 1 N–H and O–H groups in total. The maximum atomic E-state index is 12.8. The molecule has 0 aromatic heterocycles. The van der Waals surface area contributed by atoms with E-state index in [9.17, 15) is 18.0 Å². The van der Waals surface area contributed by atoms with Gasteiger partial charge in [0.15, 0.2) is 0 Å². The zero-order chi connectivity index (χ0) is 19.9. The highest BCUT2D eigenvalue weighted by atomic mass is 32.2. The summed E-state index contributed by atoms with van der Waals surface area (Å²) in [5.74, 6) is -0.333. The van der Waals surface area contributed by atoms with Crippen LogP contribution in [0.1, 0.15) is 19.3 Å². The van der Waals surface area contributed by atoms with Gasteiger partial charge in [0, 0.05) is 13.1 Å². The summed E-state index contributed by atoms with van der Waals surface area (Å²) in [6.45, 7) is 1.00. The molecule has 1 saturated heterocycles. The molecule has 1 amide bonds. The third kappa shape index (κ3) is 5.85. The molecule has 0 bridgehead atoms. The van der Waals surface area contributed by atoms with E-state index in [0.29, 0.717) is 18.8 Å². The molecule has 27 heavy (non-hydrogen) atoms. The quantitative estimate of drug-likeness (QED) is 0.644. The van der Waals surface area contributed by atoms with E-state index < -0.39 is 16.0 Å². The number of amides is 1. The van der Waals surface area contributed by atoms with Gasteiger partial charge in [0.05, 0.1) is 36.3 Å². The molecule has 8 nitrogen and oxygen atoms in total. The largest absolute Gasteiger partial charge is 0.495 e. The van der Waals surface area contributed by atoms with E-state index in [-0.39, 0.29) is 28.0 Å². The van der Waals surface area contributed by atoms with Gasteiger partial charge >= 0.3 is 5.97 Å². The van der Waals surface area contributed by atoms with Crippen LogP contribution < -0.4 is 10.1 Å². The van der Waals surface area contributed by atoms with Crippen LogP contribution >= 0.6 is 11.8 Å². The molecule has 0 radical (unpaired) electrons. The highest BCUT2D eigenvalue weighted by molar-refractivity contribution is 8.00. The average Bonchev–Trinajstić information content (AvgIpc) is 2.68. The van der Waals surface area contributed by atoms with Gasteiger partial charge in [-0.25, -0.2) is 8.42 Å². The zero-order valence-corrected chi connectivity index (χ0v) is 17.0. The van der Waals surface area contributed by atoms with Crippen LogP contribution in [0, 0.1) is 0 Å². The first kappa shape index (κ1) is 21.5. The zero-order valence-electron chi connectivity index (χ0n) is 15.4. The topological polar surface area (TPSA) is 102 Å². The molecule has 0 atom stereocenters. The van der Waals surface area contributed by atoms with Crippen molar-refractivity contribution >= 4 is 39.3 Å². The van der Waals surface area contributed by atoms with E-state index in [4.69, 9.17) is 4.74 Å². The van der Waals surface area contributed by atoms with Crippen LogP contribution in [0.25, 0.3) is 0 Å². The third-order valence-corrected chi connectivity index (χ3v) is 6.88. The molecule has 1 aromatic carbocycles. The number of ether oxygens (including phenoxy) is 2. The molecule has 1 aliphatic heterocycles. The van der Waals surface area contributed by atoms with E-state index in [1.54, 1.807) is 0 Å². The number of thioether (sulfide) groups is 1. The molecule has 10 heteroatoms. The number of carbonyl (C=O) groups excluding carboxylic acids is 2. The molecule has 0 saturated carbocycles. The summed E-state index contributed by atoms with van der Waals surface area (Å²) in [7, 11) is -0.897. The number of hydrogen-bond donors (Lipinski definition) is 1. The lowest BCUT2D eigenvalue weighted by molar-refractivity contribution is -0.137. The van der Waals surface area contributed by atoms with Crippen LogP contribution in [0.15, 0.2) is 23.1 Å². The Hall–Kier alpha value is -1.78. The van der Waals surface area contributed by atoms with Crippen molar-refractivity contribution in [3.63, 3.8) is 0 Å². The molecule has 1 fully saturated rings. The van der Waals surface area contributed by atoms with Crippen LogP contribution in [-0.2, 0) is 24.3 Å². The van der Waals surface area contributed by atoms with Gasteiger partial charge in [-0.2, -0.15) is 4.31 Å². The van der Waals surface area contributed by atoms with Gasteiger partial charge in [-0.15, -0.1) is 11.8 Å². The highest BCUT2D eigenvalue weighted by Crippen LogP contribution is 2.30. The number of anilines is 1. The highest BCUT2D eigenvalue weighted by Gasteiger charge is 2.27. The fourth-order valence-corrected chi connectivity index (χ4v) is 4.86. The number of piperidine rings is 1. The smallest absolute Gasteiger partial charge is 0.315 e. The van der Waals surface area contributed by atoms with Crippen molar-refractivity contribution in [1.29, 1.82) is 0 Å². The van der Waals surface area contributed by atoms with Crippen molar-refractivity contribution in [3.8, 4) is 5.75 Å². The Balaban J connectivity index is 2.12. The normalized spacial score (nSPS) is 15.2. The number of methoxy groups -OCH3 is 2. The van der Waals surface area contributed by atoms with Crippen LogP contribution in [-0.4, -0.2) is 63.4 Å². The number of hydrogen-bond acceptors (Lipinski definition) is 7. The second kappa shape index (κ2) is 9.95. The second-order valence-electron chi connectivity index (χ2n) is 5.94. The van der Waals surface area contributed by atoms with Crippen molar-refractivity contribution in [1.82, 2.24) is 4.31 Å². The van der Waals surface area contributed by atoms with Gasteiger partial charge in [-0.1, -0.05) is 6.42 Å². The first-order valence-corrected chi connectivity index (χ1v) is 11.1. The molecule has 0 spiro atoms. The van der Waals surface area contributed by atoms with E-state index in [1.807, 2.05) is 0 Å². The van der Waals surface area contributed by atoms with E-state index in [1.165, 1.54) is 36.7 Å². The fraction of sp³-hybridized carbons (Fsp3) is 0.529. The van der Waals surface area contributed by atoms with Gasteiger partial charge in [0.25, 0.3) is 0 Å². The number of carbonyl (C=O) groups is 2. The van der Waals surface area contributed by atoms with Crippen molar-refractivity contribution in [3.05, 3.63) is 18.2 Å². The van der Waals surface area contributed by atoms with Crippen molar-refractivity contribution in [2.75, 3.05) is 44.1 Å². The lowest BCUT2D eigenvalue weighted by atomic mass is 10.2. The van der Waals surface area contributed by atoms with Gasteiger partial charge in [-0.05, 0) is 31.0 Å². The summed E-state index contributed by atoms with van der Waals surface area (Å²) < 4.78 is 36.8. The Kier molecular flexibility index (Phi) is 7.93. The van der Waals surface area contributed by atoms with E-state index >= 15 is 0 Å². The predicted molar refractivity (Wildman–Crippen MR) is 104 cm³/mol. The van der Waals surface area contributed by atoms with Gasteiger partial charge in [0.1, 0.15) is 5.75 Å². The summed E-state index contributed by atoms with van der Waals surface area (Å²) in [6.07, 6.45) is 2.71. The van der Waals surface area contributed by atoms with Gasteiger partial charge < -0.3 is 14.8 Å². The molecule has 150 valence electrons. The van der Waals surface area contributed by atoms with E-state index in [2.05, 4.69) is 10.1 Å². The molecular weight excluding hydrogens is 392 g/mol. The lowest BCUT2D eigenvalue weighted by Gasteiger charge is -2.26. The van der Waals surface area contributed by atoms with E-state index in [0.717, 1.165) is 31.0 Å². The Bertz CT molecular complexity index is 776. The second-order valence-corrected chi connectivity index (χ2v) is 8.87. The minimum atomic E-state index is -3.62. The number of nitrogens with zero attached hydrogens (tertiary/aromatic N) is 1. The van der Waals surface area contributed by atoms with Crippen LogP contribution in [0.3, 0.4) is 0 Å². The number of sulfonamides is 1. The number of nitrogens with one attached hydrogen (secondary N) is 1. The van der Waals surface area contributed by atoms with Gasteiger partial charge in [-0.3, -0.25) is 9.59 Å². The Morgan fingerprint density at radius 1 is 1.15 bits per heavy atom. The summed E-state index contributed by atoms with van der Waals surface area (Å²) in [4.78, 5) is 23.3. The fourth-order valence-electron chi connectivity index (χ4n) is 2.67. The number of rotatable bonds is 8. The van der Waals surface area contributed by atoms with Crippen molar-refractivity contribution in [2.45, 2.75) is 24.2 Å². The van der Waals surface area contributed by atoms with Crippen LogP contribution in [0.4, 0.5) is 5.69 Å². The lowest BCUT2D eigenvalue weighted by Crippen LogP contribution is -2.35. The summed E-state index contributed by atoms with van der Waals surface area (Å²) in [6, 6.07) is 4.41. The Morgan fingerprint density at radius 2 is 1.85 bits per heavy atom. The summed E-state index contributed by atoms with van der Waals surface area (Å²) in [5.41, 5.74) is 0.277. The van der Waals surface area contributed by atoms with Crippen LogP contribution in [0.5, 0.6) is 5.75 Å². The molecular formula is C17H24N2O6S2.